The van der Waals surface area contributed by atoms with Gasteiger partial charge in [0.1, 0.15) is 5.82 Å². The van der Waals surface area contributed by atoms with E-state index in [1.807, 2.05) is 20.8 Å². The van der Waals surface area contributed by atoms with Crippen molar-refractivity contribution in [2.24, 2.45) is 5.92 Å². The number of aromatic amines is 1. The van der Waals surface area contributed by atoms with Gasteiger partial charge in [0.25, 0.3) is 11.5 Å². The van der Waals surface area contributed by atoms with Crippen molar-refractivity contribution in [3.05, 3.63) is 57.1 Å². The molecule has 0 atom stereocenters. The molecule has 3 rings (SSSR count). The van der Waals surface area contributed by atoms with Crippen LogP contribution < -0.4 is 21.9 Å². The van der Waals surface area contributed by atoms with Crippen molar-refractivity contribution in [3.8, 4) is 11.3 Å². The van der Waals surface area contributed by atoms with Crippen molar-refractivity contribution in [2.45, 2.75) is 46.6 Å². The van der Waals surface area contributed by atoms with E-state index in [0.29, 0.717) is 30.7 Å². The summed E-state index contributed by atoms with van der Waals surface area (Å²) in [6.07, 6.45) is 5.37. The standard InChI is InChI=1S/C22H28N6O4/c1-4-5-11-28-19(23)18(20(29)25-22(28)31)27(12-8-14(2)3)21(30)16-13-17(32-26-16)15-6-9-24-10-7-15/h6-7,9-10,13-14H,4-5,8,11-12,23H2,1-3H3,(H,25,29,31). The number of carbonyl (C=O) groups excluding carboxylic acids is 1. The smallest absolute Gasteiger partial charge is 0.330 e. The van der Waals surface area contributed by atoms with Gasteiger partial charge in [-0.2, -0.15) is 0 Å². The molecule has 0 bridgehead atoms. The minimum absolute atomic E-state index is 0.0330. The molecular formula is C22H28N6O4. The fourth-order valence-electron chi connectivity index (χ4n) is 3.25. The summed E-state index contributed by atoms with van der Waals surface area (Å²) in [5.74, 6) is 0.0883. The largest absolute Gasteiger partial charge is 0.383 e. The van der Waals surface area contributed by atoms with Crippen LogP contribution in [-0.2, 0) is 6.54 Å². The normalized spacial score (nSPS) is 11.1. The number of unbranched alkanes of at least 4 members (excludes halogenated alkanes) is 1. The first-order chi connectivity index (χ1) is 15.3. The van der Waals surface area contributed by atoms with Crippen molar-refractivity contribution in [3.63, 3.8) is 0 Å². The Morgan fingerprint density at radius 1 is 1.28 bits per heavy atom. The van der Waals surface area contributed by atoms with Crippen molar-refractivity contribution >= 4 is 17.4 Å². The monoisotopic (exact) mass is 440 g/mol. The van der Waals surface area contributed by atoms with Crippen molar-refractivity contribution in [1.82, 2.24) is 19.7 Å². The van der Waals surface area contributed by atoms with Gasteiger partial charge in [-0.15, -0.1) is 0 Å². The number of nitrogens with zero attached hydrogens (tertiary/aromatic N) is 4. The Hall–Kier alpha value is -3.69. The number of pyridine rings is 1. The molecule has 10 heteroatoms. The predicted molar refractivity (Wildman–Crippen MR) is 122 cm³/mol. The van der Waals surface area contributed by atoms with Crippen molar-refractivity contribution in [1.29, 1.82) is 0 Å². The molecule has 1 amide bonds. The summed E-state index contributed by atoms with van der Waals surface area (Å²) in [6.45, 7) is 6.57. The van der Waals surface area contributed by atoms with Gasteiger partial charge in [-0.25, -0.2) is 4.79 Å². The molecule has 0 aliphatic rings. The number of nitrogens with one attached hydrogen (secondary N) is 1. The van der Waals surface area contributed by atoms with Gasteiger partial charge in [0.05, 0.1) is 0 Å². The van der Waals surface area contributed by atoms with E-state index in [2.05, 4.69) is 15.1 Å². The number of hydrogen-bond donors (Lipinski definition) is 2. The molecule has 0 unspecified atom stereocenters. The fraction of sp³-hybridized carbons (Fsp3) is 0.409. The second-order valence-electron chi connectivity index (χ2n) is 7.95. The maximum absolute atomic E-state index is 13.4. The lowest BCUT2D eigenvalue weighted by atomic mass is 10.1. The Morgan fingerprint density at radius 2 is 2.00 bits per heavy atom. The third-order valence-electron chi connectivity index (χ3n) is 5.09. The molecule has 32 heavy (non-hydrogen) atoms. The van der Waals surface area contributed by atoms with Crippen LogP contribution in [0.2, 0.25) is 0 Å². The number of carbonyl (C=O) groups is 1. The molecule has 3 aromatic heterocycles. The van der Waals surface area contributed by atoms with Crippen LogP contribution in [0.25, 0.3) is 11.3 Å². The number of H-pyrrole nitrogens is 1. The van der Waals surface area contributed by atoms with E-state index >= 15 is 0 Å². The van der Waals surface area contributed by atoms with E-state index < -0.39 is 17.2 Å². The highest BCUT2D eigenvalue weighted by atomic mass is 16.5. The highest BCUT2D eigenvalue weighted by Crippen LogP contribution is 2.24. The highest BCUT2D eigenvalue weighted by Gasteiger charge is 2.27. The molecule has 3 heterocycles. The summed E-state index contributed by atoms with van der Waals surface area (Å²) in [5, 5.41) is 3.91. The molecular weight excluding hydrogens is 412 g/mol. The van der Waals surface area contributed by atoms with Gasteiger partial charge in [0.15, 0.2) is 17.1 Å². The summed E-state index contributed by atoms with van der Waals surface area (Å²) >= 11 is 0. The lowest BCUT2D eigenvalue weighted by Gasteiger charge is -2.24. The number of rotatable bonds is 9. The zero-order valence-corrected chi connectivity index (χ0v) is 18.5. The maximum atomic E-state index is 13.4. The number of amides is 1. The topological polar surface area (TPSA) is 140 Å². The molecule has 0 aliphatic heterocycles. The van der Waals surface area contributed by atoms with Crippen molar-refractivity contribution < 1.29 is 9.32 Å². The summed E-state index contributed by atoms with van der Waals surface area (Å²) in [5.41, 5.74) is 5.63. The number of anilines is 2. The first kappa shape index (κ1) is 23.0. The van der Waals surface area contributed by atoms with Crippen molar-refractivity contribution in [2.75, 3.05) is 17.2 Å². The average molecular weight is 441 g/mol. The molecule has 0 aromatic carbocycles. The van der Waals surface area contributed by atoms with E-state index in [1.165, 1.54) is 15.5 Å². The van der Waals surface area contributed by atoms with Gasteiger partial charge >= 0.3 is 5.69 Å². The second-order valence-corrected chi connectivity index (χ2v) is 7.95. The molecule has 0 spiro atoms. The minimum atomic E-state index is -0.713. The molecule has 3 aromatic rings. The van der Waals surface area contributed by atoms with Crippen LogP contribution in [0.4, 0.5) is 11.5 Å². The zero-order chi connectivity index (χ0) is 23.3. The fourth-order valence-corrected chi connectivity index (χ4v) is 3.25. The SMILES string of the molecule is CCCCn1c(N)c(N(CCC(C)C)C(=O)c2cc(-c3ccncc3)on2)c(=O)[nH]c1=O. The maximum Gasteiger partial charge on any atom is 0.330 e. The molecule has 0 saturated carbocycles. The second kappa shape index (κ2) is 10.1. The Labute approximate surface area is 185 Å². The van der Waals surface area contributed by atoms with Crippen LogP contribution in [0, 0.1) is 5.92 Å². The molecule has 0 aliphatic carbocycles. The highest BCUT2D eigenvalue weighted by molar-refractivity contribution is 6.06. The molecule has 10 nitrogen and oxygen atoms in total. The lowest BCUT2D eigenvalue weighted by molar-refractivity contribution is 0.0977. The molecule has 170 valence electrons. The third-order valence-corrected chi connectivity index (χ3v) is 5.09. The number of nitrogens with two attached hydrogens (primary N) is 1. The van der Waals surface area contributed by atoms with Gasteiger partial charge < -0.3 is 10.3 Å². The average Bonchev–Trinajstić information content (AvgIpc) is 3.26. The summed E-state index contributed by atoms with van der Waals surface area (Å²) in [6, 6.07) is 4.98. The first-order valence-electron chi connectivity index (χ1n) is 10.6. The summed E-state index contributed by atoms with van der Waals surface area (Å²) in [7, 11) is 0. The Bertz CT molecular complexity index is 1180. The Balaban J connectivity index is 2.04. The first-order valence-corrected chi connectivity index (χ1v) is 10.6. The van der Waals surface area contributed by atoms with Crippen LogP contribution in [0.1, 0.15) is 50.5 Å². The third kappa shape index (κ3) is 4.96. The van der Waals surface area contributed by atoms with Gasteiger partial charge in [0, 0.05) is 37.1 Å². The van der Waals surface area contributed by atoms with E-state index in [-0.39, 0.29) is 29.7 Å². The van der Waals surface area contributed by atoms with E-state index in [4.69, 9.17) is 10.3 Å². The summed E-state index contributed by atoms with van der Waals surface area (Å²) in [4.78, 5) is 46.0. The quantitative estimate of drug-likeness (QED) is 0.521. The molecule has 0 fully saturated rings. The Kier molecular flexibility index (Phi) is 7.24. The summed E-state index contributed by atoms with van der Waals surface area (Å²) < 4.78 is 6.63. The Morgan fingerprint density at radius 3 is 2.66 bits per heavy atom. The number of aromatic nitrogens is 4. The number of nitrogen functional groups attached to an aromatic ring is 1. The van der Waals surface area contributed by atoms with Crippen LogP contribution in [0.5, 0.6) is 0 Å². The van der Waals surface area contributed by atoms with E-state index in [0.717, 1.165) is 6.42 Å². The molecule has 0 radical (unpaired) electrons. The van der Waals surface area contributed by atoms with E-state index in [1.54, 1.807) is 24.5 Å². The van der Waals surface area contributed by atoms with Crippen LogP contribution in [0.3, 0.4) is 0 Å². The lowest BCUT2D eigenvalue weighted by Crippen LogP contribution is -2.42. The van der Waals surface area contributed by atoms with Crippen LogP contribution >= 0.6 is 0 Å². The van der Waals surface area contributed by atoms with Gasteiger partial charge in [-0.1, -0.05) is 32.3 Å². The van der Waals surface area contributed by atoms with Gasteiger partial charge in [-0.05, 0) is 30.9 Å². The van der Waals surface area contributed by atoms with E-state index in [9.17, 15) is 14.4 Å². The predicted octanol–water partition coefficient (Wildman–Crippen LogP) is 2.66. The van der Waals surface area contributed by atoms with Crippen LogP contribution in [0.15, 0.2) is 44.7 Å². The van der Waals surface area contributed by atoms with Gasteiger partial charge in [0.2, 0.25) is 0 Å². The van der Waals surface area contributed by atoms with Crippen LogP contribution in [-0.4, -0.2) is 32.1 Å². The molecule has 3 N–H and O–H groups in total. The molecule has 0 saturated heterocycles. The minimum Gasteiger partial charge on any atom is -0.383 e. The van der Waals surface area contributed by atoms with Gasteiger partial charge in [-0.3, -0.25) is 29.0 Å². The zero-order valence-electron chi connectivity index (χ0n) is 18.5. The number of hydrogen-bond acceptors (Lipinski definition) is 7.